The van der Waals surface area contributed by atoms with E-state index in [9.17, 15) is 9.90 Å². The van der Waals surface area contributed by atoms with Crippen LogP contribution in [0.4, 0.5) is 5.82 Å². The first-order valence-corrected chi connectivity index (χ1v) is 5.76. The highest BCUT2D eigenvalue weighted by molar-refractivity contribution is 5.47. The van der Waals surface area contributed by atoms with Crippen LogP contribution in [0.15, 0.2) is 11.1 Å². The van der Waals surface area contributed by atoms with Crippen molar-refractivity contribution in [2.45, 2.75) is 25.4 Å². The number of anilines is 1. The summed E-state index contributed by atoms with van der Waals surface area (Å²) in [7, 11) is 1.43. The van der Waals surface area contributed by atoms with Crippen molar-refractivity contribution < 1.29 is 9.84 Å². The molecule has 0 aromatic carbocycles. The number of hydrogen-bond donors (Lipinski definition) is 3. The van der Waals surface area contributed by atoms with Crippen LogP contribution in [0.5, 0.6) is 5.75 Å². The molecule has 6 nitrogen and oxygen atoms in total. The lowest BCUT2D eigenvalue weighted by Gasteiger charge is -2.16. The Morgan fingerprint density at radius 1 is 1.65 bits per heavy atom. The van der Waals surface area contributed by atoms with E-state index >= 15 is 0 Å². The third kappa shape index (κ3) is 2.58. The molecule has 1 heterocycles. The zero-order valence-electron chi connectivity index (χ0n) is 9.77. The van der Waals surface area contributed by atoms with Gasteiger partial charge in [-0.15, -0.1) is 0 Å². The number of nitrogens with one attached hydrogen (secondary N) is 2. The van der Waals surface area contributed by atoms with Crippen molar-refractivity contribution in [3.63, 3.8) is 0 Å². The lowest BCUT2D eigenvalue weighted by molar-refractivity contribution is 0.138. The number of H-pyrrole nitrogens is 1. The first-order chi connectivity index (χ1) is 8.22. The normalized spacial score (nSPS) is 23.6. The Balaban J connectivity index is 2.03. The average Bonchev–Trinajstić information content (AvgIpc) is 2.72. The van der Waals surface area contributed by atoms with E-state index in [2.05, 4.69) is 15.3 Å². The van der Waals surface area contributed by atoms with Crippen LogP contribution in [0.3, 0.4) is 0 Å². The maximum Gasteiger partial charge on any atom is 0.295 e. The minimum atomic E-state index is -0.308. The number of ether oxygens (including phenoxy) is 1. The Morgan fingerprint density at radius 3 is 3.12 bits per heavy atom. The maximum absolute atomic E-state index is 11.4. The molecule has 0 aliphatic heterocycles. The highest BCUT2D eigenvalue weighted by Crippen LogP contribution is 2.26. The molecular weight excluding hydrogens is 222 g/mol. The topological polar surface area (TPSA) is 87.2 Å². The number of aliphatic hydroxyl groups excluding tert-OH is 1. The van der Waals surface area contributed by atoms with Crippen LogP contribution < -0.4 is 15.6 Å². The molecular formula is C11H17N3O3. The molecule has 0 saturated heterocycles. The third-order valence-corrected chi connectivity index (χ3v) is 3.17. The Kier molecular flexibility index (Phi) is 3.63. The number of rotatable bonds is 4. The number of nitrogens with zero attached hydrogens (tertiary/aromatic N) is 1. The van der Waals surface area contributed by atoms with Gasteiger partial charge in [-0.05, 0) is 12.8 Å². The molecule has 0 spiro atoms. The number of aromatic amines is 1. The average molecular weight is 239 g/mol. The van der Waals surface area contributed by atoms with Gasteiger partial charge in [-0.3, -0.25) is 4.79 Å². The molecule has 1 aromatic rings. The molecule has 2 atom stereocenters. The summed E-state index contributed by atoms with van der Waals surface area (Å²) in [6, 6.07) is 0. The predicted molar refractivity (Wildman–Crippen MR) is 63.2 cm³/mol. The van der Waals surface area contributed by atoms with Crippen molar-refractivity contribution in [3.05, 3.63) is 16.7 Å². The number of methoxy groups -OCH3 is 1. The number of hydrogen-bond acceptors (Lipinski definition) is 5. The van der Waals surface area contributed by atoms with Gasteiger partial charge in [0.15, 0.2) is 5.82 Å². The van der Waals surface area contributed by atoms with Gasteiger partial charge in [0.25, 0.3) is 5.56 Å². The smallest absolute Gasteiger partial charge is 0.295 e. The van der Waals surface area contributed by atoms with Crippen molar-refractivity contribution in [2.24, 2.45) is 5.92 Å². The summed E-state index contributed by atoms with van der Waals surface area (Å²) < 4.78 is 4.99. The minimum Gasteiger partial charge on any atom is -0.489 e. The van der Waals surface area contributed by atoms with Crippen LogP contribution in [0.2, 0.25) is 0 Å². The molecule has 0 radical (unpaired) electrons. The van der Waals surface area contributed by atoms with Gasteiger partial charge in [0, 0.05) is 12.5 Å². The summed E-state index contributed by atoms with van der Waals surface area (Å²) in [5.74, 6) is 0.830. The van der Waals surface area contributed by atoms with Crippen molar-refractivity contribution in [1.29, 1.82) is 0 Å². The first-order valence-electron chi connectivity index (χ1n) is 5.76. The van der Waals surface area contributed by atoms with Gasteiger partial charge in [0.1, 0.15) is 0 Å². The van der Waals surface area contributed by atoms with E-state index in [0.717, 1.165) is 19.3 Å². The summed E-state index contributed by atoms with van der Waals surface area (Å²) in [4.78, 5) is 17.9. The Bertz CT molecular complexity index is 432. The lowest BCUT2D eigenvalue weighted by atomic mass is 10.1. The van der Waals surface area contributed by atoms with E-state index in [4.69, 9.17) is 4.74 Å². The lowest BCUT2D eigenvalue weighted by Crippen LogP contribution is -2.23. The standard InChI is InChI=1S/C11H17N3O3/c1-17-9-10(13-6-14-11(9)16)12-5-7-3-2-4-8(7)15/h6-8,15H,2-5H2,1H3,(H2,12,13,14,16). The zero-order valence-corrected chi connectivity index (χ0v) is 9.77. The van der Waals surface area contributed by atoms with Gasteiger partial charge in [-0.2, -0.15) is 0 Å². The Morgan fingerprint density at radius 2 is 2.47 bits per heavy atom. The van der Waals surface area contributed by atoms with Crippen LogP contribution in [0, 0.1) is 5.92 Å². The fourth-order valence-electron chi connectivity index (χ4n) is 2.19. The van der Waals surface area contributed by atoms with Gasteiger partial charge in [0.05, 0.1) is 19.5 Å². The van der Waals surface area contributed by atoms with Crippen LogP contribution in [-0.4, -0.2) is 34.8 Å². The van der Waals surface area contributed by atoms with E-state index in [-0.39, 0.29) is 23.3 Å². The van der Waals surface area contributed by atoms with Gasteiger partial charge in [0.2, 0.25) is 5.75 Å². The van der Waals surface area contributed by atoms with Crippen molar-refractivity contribution in [3.8, 4) is 5.75 Å². The fraction of sp³-hybridized carbons (Fsp3) is 0.636. The number of aromatic nitrogens is 2. The highest BCUT2D eigenvalue weighted by Gasteiger charge is 2.25. The molecule has 1 aliphatic rings. The van der Waals surface area contributed by atoms with E-state index in [1.54, 1.807) is 0 Å². The fourth-order valence-corrected chi connectivity index (χ4v) is 2.19. The second kappa shape index (κ2) is 5.18. The molecule has 94 valence electrons. The Labute approximate surface area is 99.0 Å². The molecule has 0 amide bonds. The van der Waals surface area contributed by atoms with E-state index < -0.39 is 0 Å². The summed E-state index contributed by atoms with van der Waals surface area (Å²) in [6.45, 7) is 0.605. The van der Waals surface area contributed by atoms with Gasteiger partial charge in [-0.25, -0.2) is 4.98 Å². The molecule has 6 heteroatoms. The van der Waals surface area contributed by atoms with Gasteiger partial charge < -0.3 is 20.1 Å². The molecule has 17 heavy (non-hydrogen) atoms. The molecule has 1 aliphatic carbocycles. The summed E-state index contributed by atoms with van der Waals surface area (Å²) >= 11 is 0. The first kappa shape index (κ1) is 11.9. The molecule has 1 aromatic heterocycles. The SMILES string of the molecule is COc1c(NCC2CCCC2O)nc[nH]c1=O. The summed E-state index contributed by atoms with van der Waals surface area (Å²) in [5, 5.41) is 12.7. The van der Waals surface area contributed by atoms with Gasteiger partial charge in [-0.1, -0.05) is 6.42 Å². The molecule has 1 saturated carbocycles. The third-order valence-electron chi connectivity index (χ3n) is 3.17. The monoisotopic (exact) mass is 239 g/mol. The van der Waals surface area contributed by atoms with E-state index in [1.165, 1.54) is 13.4 Å². The highest BCUT2D eigenvalue weighted by atomic mass is 16.5. The summed E-state index contributed by atoms with van der Waals surface area (Å²) in [6.07, 6.45) is 3.98. The molecule has 2 rings (SSSR count). The van der Waals surface area contributed by atoms with E-state index in [1.807, 2.05) is 0 Å². The van der Waals surface area contributed by atoms with E-state index in [0.29, 0.717) is 12.4 Å². The van der Waals surface area contributed by atoms with Crippen molar-refractivity contribution in [1.82, 2.24) is 9.97 Å². The van der Waals surface area contributed by atoms with Crippen LogP contribution in [0.25, 0.3) is 0 Å². The molecule has 3 N–H and O–H groups in total. The summed E-state index contributed by atoms with van der Waals surface area (Å²) in [5.41, 5.74) is -0.308. The predicted octanol–water partition coefficient (Wildman–Crippen LogP) is 0.351. The van der Waals surface area contributed by atoms with Gasteiger partial charge >= 0.3 is 0 Å². The van der Waals surface area contributed by atoms with Crippen LogP contribution in [-0.2, 0) is 0 Å². The number of aliphatic hydroxyl groups is 1. The van der Waals surface area contributed by atoms with Crippen molar-refractivity contribution >= 4 is 5.82 Å². The van der Waals surface area contributed by atoms with Crippen LogP contribution in [0.1, 0.15) is 19.3 Å². The van der Waals surface area contributed by atoms with Crippen molar-refractivity contribution in [2.75, 3.05) is 19.0 Å². The molecule has 1 fully saturated rings. The second-order valence-corrected chi connectivity index (χ2v) is 4.25. The zero-order chi connectivity index (χ0) is 12.3. The Hall–Kier alpha value is -1.56. The minimum absolute atomic E-state index is 0.181. The quantitative estimate of drug-likeness (QED) is 0.705. The second-order valence-electron chi connectivity index (χ2n) is 4.25. The largest absolute Gasteiger partial charge is 0.489 e. The van der Waals surface area contributed by atoms with Crippen LogP contribution >= 0.6 is 0 Å². The molecule has 2 unspecified atom stereocenters. The maximum atomic E-state index is 11.4. The molecule has 0 bridgehead atoms.